The summed E-state index contributed by atoms with van der Waals surface area (Å²) in [6, 6.07) is 7.38. The van der Waals surface area contributed by atoms with E-state index in [2.05, 4.69) is 0 Å². The van der Waals surface area contributed by atoms with Gasteiger partial charge in [-0.25, -0.2) is 0 Å². The molecule has 2 aromatic rings. The quantitative estimate of drug-likeness (QED) is 0.122. The van der Waals surface area contributed by atoms with E-state index in [1.807, 2.05) is 0 Å². The van der Waals surface area contributed by atoms with E-state index in [4.69, 9.17) is 56.8 Å². The van der Waals surface area contributed by atoms with Crippen LogP contribution in [-0.4, -0.2) is 138 Å². The van der Waals surface area contributed by atoms with Gasteiger partial charge < -0.3 is 67.1 Å². The maximum Gasteiger partial charge on any atom is 0.303 e. The lowest BCUT2D eigenvalue weighted by atomic mass is 9.97. The number of phenols is 2. The van der Waals surface area contributed by atoms with Crippen molar-refractivity contribution in [2.24, 2.45) is 0 Å². The zero-order valence-electron chi connectivity index (χ0n) is 37.0. The van der Waals surface area contributed by atoms with Crippen LogP contribution in [0.25, 0.3) is 0 Å². The van der Waals surface area contributed by atoms with Crippen molar-refractivity contribution in [1.82, 2.24) is 0 Å². The van der Waals surface area contributed by atoms with Gasteiger partial charge in [-0.2, -0.15) is 0 Å². The zero-order chi connectivity index (χ0) is 49.0. The lowest BCUT2D eigenvalue weighted by Crippen LogP contribution is -2.63. The predicted molar refractivity (Wildman–Crippen MR) is 214 cm³/mol. The van der Waals surface area contributed by atoms with E-state index in [1.165, 1.54) is 24.3 Å². The van der Waals surface area contributed by atoms with E-state index in [0.29, 0.717) is 0 Å². The second kappa shape index (κ2) is 23.3. The first-order chi connectivity index (χ1) is 31.0. The van der Waals surface area contributed by atoms with Crippen LogP contribution in [0.4, 0.5) is 0 Å². The van der Waals surface area contributed by atoms with Crippen LogP contribution in [0.1, 0.15) is 77.7 Å². The highest BCUT2D eigenvalue weighted by Gasteiger charge is 2.55. The first-order valence-electron chi connectivity index (χ1n) is 20.1. The van der Waals surface area contributed by atoms with Crippen molar-refractivity contribution in [2.75, 3.05) is 13.2 Å². The smallest absolute Gasteiger partial charge is 0.303 e. The summed E-state index contributed by atoms with van der Waals surface area (Å²) >= 11 is 0. The summed E-state index contributed by atoms with van der Waals surface area (Å²) in [5, 5.41) is 20.2. The van der Waals surface area contributed by atoms with Crippen molar-refractivity contribution in [1.29, 1.82) is 0 Å². The number of benzene rings is 2. The van der Waals surface area contributed by atoms with Gasteiger partial charge in [-0.1, -0.05) is 6.07 Å². The first kappa shape index (κ1) is 51.6. The Morgan fingerprint density at radius 1 is 0.500 bits per heavy atom. The highest BCUT2D eigenvalue weighted by molar-refractivity contribution is 5.99. The van der Waals surface area contributed by atoms with Gasteiger partial charge in [0.05, 0.1) is 5.56 Å². The van der Waals surface area contributed by atoms with Crippen molar-refractivity contribution in [3.8, 4) is 23.0 Å². The number of Topliss-reactive ketones (excluding diaryl/α,β-unsaturated/α-hetero) is 1. The Bertz CT molecular complexity index is 2150. The van der Waals surface area contributed by atoms with Gasteiger partial charge in [0.1, 0.15) is 48.4 Å². The Hall–Kier alpha value is -7.01. The predicted octanol–water partition coefficient (Wildman–Crippen LogP) is 1.84. The molecule has 2 N–H and O–H groups in total. The maximum absolute atomic E-state index is 14.1. The van der Waals surface area contributed by atoms with Crippen LogP contribution in [0.15, 0.2) is 36.4 Å². The molecule has 2 aliphatic heterocycles. The van der Waals surface area contributed by atoms with Crippen LogP contribution in [0.2, 0.25) is 0 Å². The third kappa shape index (κ3) is 14.8. The molecule has 0 radical (unpaired) electrons. The molecule has 23 heteroatoms. The minimum atomic E-state index is -1.86. The van der Waals surface area contributed by atoms with Crippen molar-refractivity contribution in [2.45, 2.75) is 130 Å². The summed E-state index contributed by atoms with van der Waals surface area (Å²) in [6.07, 6.45) is -16.7. The van der Waals surface area contributed by atoms with E-state index >= 15 is 0 Å². The number of ether oxygens (including phenoxy) is 12. The van der Waals surface area contributed by atoms with Crippen LogP contribution in [0.3, 0.4) is 0 Å². The number of carbonyl (C=O) groups excluding carboxylic acids is 9. The van der Waals surface area contributed by atoms with Gasteiger partial charge in [0.2, 0.25) is 24.8 Å². The Labute approximate surface area is 376 Å². The van der Waals surface area contributed by atoms with Crippen LogP contribution in [0, 0.1) is 0 Å². The van der Waals surface area contributed by atoms with E-state index in [9.17, 15) is 53.4 Å². The summed E-state index contributed by atoms with van der Waals surface area (Å²) in [5.41, 5.74) is 0.0850. The van der Waals surface area contributed by atoms with E-state index in [-0.39, 0.29) is 47.0 Å². The number of aryl methyl sites for hydroxylation is 1. The summed E-state index contributed by atoms with van der Waals surface area (Å²) < 4.78 is 67.8. The molecule has 2 saturated heterocycles. The van der Waals surface area contributed by atoms with Gasteiger partial charge in [-0.05, 0) is 30.2 Å². The van der Waals surface area contributed by atoms with E-state index in [0.717, 1.165) is 67.5 Å². The normalized spacial score (nSPS) is 24.5. The average molecular weight is 935 g/mol. The van der Waals surface area contributed by atoms with E-state index in [1.54, 1.807) is 0 Å². The molecular weight excluding hydrogens is 884 g/mol. The SMILES string of the molecule is CC(=O)OC[C@H]1OC(Oc2ccc(C(=O)CCc3ccc(O)cc3O)c(OC3O[C@H](COC(C)=O)[C@@H](OC(C)=O)[C@H](OC(C)=O)[C@H]3OC(C)=O)c2)[C@H](OC(C)=O)[C@@H](OC(C)=O)[C@@H]1OC(C)=O. The average Bonchev–Trinajstić information content (AvgIpc) is 3.19. The molecule has 360 valence electrons. The lowest BCUT2D eigenvalue weighted by Gasteiger charge is -2.44. The van der Waals surface area contributed by atoms with Crippen molar-refractivity contribution in [3.63, 3.8) is 0 Å². The summed E-state index contributed by atoms with van der Waals surface area (Å²) in [5.74, 6) is -8.85. The summed E-state index contributed by atoms with van der Waals surface area (Å²) in [4.78, 5) is 112. The second-order valence-electron chi connectivity index (χ2n) is 14.8. The fourth-order valence-electron chi connectivity index (χ4n) is 6.88. The van der Waals surface area contributed by atoms with Crippen LogP contribution in [-0.2, 0) is 92.1 Å². The van der Waals surface area contributed by atoms with Gasteiger partial charge in [0.15, 0.2) is 30.2 Å². The van der Waals surface area contributed by atoms with Crippen molar-refractivity contribution >= 4 is 53.5 Å². The molecule has 0 amide bonds. The van der Waals surface area contributed by atoms with Crippen LogP contribution in [0.5, 0.6) is 23.0 Å². The van der Waals surface area contributed by atoms with Crippen molar-refractivity contribution in [3.05, 3.63) is 47.5 Å². The topological polar surface area (TPSA) is 305 Å². The minimum absolute atomic E-state index is 0.0631. The molecule has 0 spiro atoms. The molecule has 2 aromatic carbocycles. The summed E-state index contributed by atoms with van der Waals surface area (Å²) in [7, 11) is 0. The van der Waals surface area contributed by atoms with Gasteiger partial charge in [-0.3, -0.25) is 43.2 Å². The molecular formula is C43H50O23. The monoisotopic (exact) mass is 934 g/mol. The van der Waals surface area contributed by atoms with Gasteiger partial charge in [-0.15, -0.1) is 0 Å². The molecule has 23 nitrogen and oxygen atoms in total. The second-order valence-corrected chi connectivity index (χ2v) is 14.8. The van der Waals surface area contributed by atoms with Gasteiger partial charge in [0.25, 0.3) is 0 Å². The maximum atomic E-state index is 14.1. The number of hydrogen-bond donors (Lipinski definition) is 2. The largest absolute Gasteiger partial charge is 0.508 e. The number of esters is 8. The Morgan fingerprint density at radius 2 is 0.924 bits per heavy atom. The molecule has 2 heterocycles. The molecule has 2 unspecified atom stereocenters. The fourth-order valence-corrected chi connectivity index (χ4v) is 6.88. The van der Waals surface area contributed by atoms with Crippen LogP contribution >= 0.6 is 0 Å². The number of hydrogen-bond acceptors (Lipinski definition) is 23. The zero-order valence-corrected chi connectivity index (χ0v) is 37.0. The first-order valence-corrected chi connectivity index (χ1v) is 20.1. The molecule has 0 aromatic heterocycles. The molecule has 4 rings (SSSR count). The molecule has 2 fully saturated rings. The standard InChI is InChI=1S/C43H50O23/c1-19(44)55-17-34-36(57-21(3)46)38(59-23(5)48)40(61-25(7)50)42(65-34)63-29-12-13-30(31(53)14-10-27-9-11-28(52)15-32(27)54)33(16-29)64-43-41(62-26(8)51)39(60-24(6)49)37(58-22(4)47)35(66-43)18-56-20(2)45/h9,11-13,15-16,34-43,52,54H,10,14,17-18H2,1-8H3/t34-,35-,36-,37-,38+,39+,40-,41-,42?,43?/m1/s1. The number of carbonyl (C=O) groups is 9. The molecule has 2 aliphatic rings. The summed E-state index contributed by atoms with van der Waals surface area (Å²) in [6.45, 7) is 7.10. The highest BCUT2D eigenvalue weighted by Crippen LogP contribution is 2.37. The number of aromatic hydroxyl groups is 2. The van der Waals surface area contributed by atoms with Gasteiger partial charge in [0, 0.05) is 73.9 Å². The lowest BCUT2D eigenvalue weighted by molar-refractivity contribution is -0.289. The third-order valence-electron chi connectivity index (χ3n) is 9.34. The fraction of sp³-hybridized carbons (Fsp3) is 0.512. The molecule has 0 aliphatic carbocycles. The minimum Gasteiger partial charge on any atom is -0.508 e. The highest BCUT2D eigenvalue weighted by atomic mass is 16.8. The number of rotatable bonds is 18. The molecule has 0 saturated carbocycles. The molecule has 66 heavy (non-hydrogen) atoms. The Morgan fingerprint density at radius 3 is 1.35 bits per heavy atom. The van der Waals surface area contributed by atoms with Gasteiger partial charge >= 0.3 is 47.8 Å². The number of ketones is 1. The Balaban J connectivity index is 1.87. The van der Waals surface area contributed by atoms with E-state index < -0.39 is 128 Å². The van der Waals surface area contributed by atoms with Crippen LogP contribution < -0.4 is 9.47 Å². The molecule has 0 bridgehead atoms. The third-order valence-corrected chi connectivity index (χ3v) is 9.34. The molecule has 10 atom stereocenters. The number of phenolic OH excluding ortho intramolecular Hbond substituents is 2. The van der Waals surface area contributed by atoms with Crippen molar-refractivity contribution < 1.29 is 110 Å². The Kier molecular flexibility index (Phi) is 18.2.